The molecule has 1 atom stereocenters. The summed E-state index contributed by atoms with van der Waals surface area (Å²) >= 11 is 1.55. The summed E-state index contributed by atoms with van der Waals surface area (Å²) in [4.78, 5) is 23.9. The predicted molar refractivity (Wildman–Crippen MR) is 66.9 cm³/mol. The van der Waals surface area contributed by atoms with E-state index in [4.69, 9.17) is 10.2 Å². The first-order valence-electron chi connectivity index (χ1n) is 5.87. The zero-order valence-corrected chi connectivity index (χ0v) is 10.6. The number of thiophene rings is 1. The molecule has 0 aliphatic heterocycles. The lowest BCUT2D eigenvalue weighted by molar-refractivity contribution is -0.140. The van der Waals surface area contributed by atoms with Crippen LogP contribution < -0.4 is 5.32 Å². The topological polar surface area (TPSA) is 86.6 Å². The molecule has 0 saturated heterocycles. The van der Waals surface area contributed by atoms with Crippen molar-refractivity contribution < 1.29 is 19.8 Å². The number of carboxylic acids is 1. The van der Waals surface area contributed by atoms with E-state index in [1.165, 1.54) is 4.88 Å². The van der Waals surface area contributed by atoms with Gasteiger partial charge in [-0.2, -0.15) is 0 Å². The maximum absolute atomic E-state index is 12.0. The van der Waals surface area contributed by atoms with E-state index in [0.29, 0.717) is 5.56 Å². The van der Waals surface area contributed by atoms with Gasteiger partial charge in [-0.25, -0.2) is 4.79 Å². The third kappa shape index (κ3) is 2.54. The first kappa shape index (κ1) is 13.0. The number of aliphatic carboxylic acids is 1. The number of fused-ring (bicyclic) bond motifs is 1. The summed E-state index contributed by atoms with van der Waals surface area (Å²) in [6.45, 7) is -0.604. The van der Waals surface area contributed by atoms with Gasteiger partial charge in [-0.05, 0) is 31.2 Å². The third-order valence-corrected chi connectivity index (χ3v) is 4.18. The predicted octanol–water partition coefficient (Wildman–Crippen LogP) is 0.802. The smallest absolute Gasteiger partial charge is 0.328 e. The van der Waals surface area contributed by atoms with Crippen LogP contribution in [0.3, 0.4) is 0 Å². The van der Waals surface area contributed by atoms with E-state index in [1.807, 2.05) is 0 Å². The minimum Gasteiger partial charge on any atom is -0.480 e. The molecule has 0 spiro atoms. The van der Waals surface area contributed by atoms with Crippen molar-refractivity contribution in [3.8, 4) is 0 Å². The molecule has 1 amide bonds. The van der Waals surface area contributed by atoms with Gasteiger partial charge in [0.1, 0.15) is 0 Å². The largest absolute Gasteiger partial charge is 0.480 e. The van der Waals surface area contributed by atoms with Gasteiger partial charge in [-0.1, -0.05) is 0 Å². The molecule has 0 saturated carbocycles. The van der Waals surface area contributed by atoms with Crippen LogP contribution >= 0.6 is 11.3 Å². The van der Waals surface area contributed by atoms with Gasteiger partial charge >= 0.3 is 5.97 Å². The molecule has 98 valence electrons. The average Bonchev–Trinajstić information content (AvgIpc) is 2.79. The summed E-state index contributed by atoms with van der Waals surface area (Å²) in [5, 5.41) is 21.8. The molecule has 1 aliphatic carbocycles. The number of carbonyl (C=O) groups is 2. The molecule has 6 heteroatoms. The molecule has 0 fully saturated rings. The number of carbonyl (C=O) groups excluding carboxylic acids is 1. The lowest BCUT2D eigenvalue weighted by atomic mass is 9.95. The summed E-state index contributed by atoms with van der Waals surface area (Å²) < 4.78 is 0. The molecule has 1 aliphatic rings. The van der Waals surface area contributed by atoms with Crippen molar-refractivity contribution in [1.82, 2.24) is 5.32 Å². The fourth-order valence-corrected chi connectivity index (χ4v) is 3.23. The highest BCUT2D eigenvalue weighted by Gasteiger charge is 2.24. The molecule has 18 heavy (non-hydrogen) atoms. The third-order valence-electron chi connectivity index (χ3n) is 3.09. The molecular weight excluding hydrogens is 254 g/mol. The quantitative estimate of drug-likeness (QED) is 0.754. The molecule has 3 N–H and O–H groups in total. The Labute approximate surface area is 108 Å². The van der Waals surface area contributed by atoms with Gasteiger partial charge in [0.2, 0.25) is 0 Å². The number of rotatable bonds is 4. The number of aliphatic hydroxyl groups excluding tert-OH is 1. The van der Waals surface area contributed by atoms with E-state index in [-0.39, 0.29) is 0 Å². The highest BCUT2D eigenvalue weighted by Crippen LogP contribution is 2.30. The van der Waals surface area contributed by atoms with E-state index in [2.05, 4.69) is 5.32 Å². The van der Waals surface area contributed by atoms with Crippen LogP contribution in [0.25, 0.3) is 0 Å². The number of hydrogen-bond acceptors (Lipinski definition) is 4. The van der Waals surface area contributed by atoms with E-state index >= 15 is 0 Å². The maximum Gasteiger partial charge on any atom is 0.328 e. The van der Waals surface area contributed by atoms with Crippen molar-refractivity contribution in [3.63, 3.8) is 0 Å². The zero-order chi connectivity index (χ0) is 13.1. The molecule has 5 nitrogen and oxygen atoms in total. The van der Waals surface area contributed by atoms with Gasteiger partial charge in [-0.3, -0.25) is 4.79 Å². The summed E-state index contributed by atoms with van der Waals surface area (Å²) in [7, 11) is 0. The highest BCUT2D eigenvalue weighted by atomic mass is 32.1. The zero-order valence-electron chi connectivity index (χ0n) is 9.81. The maximum atomic E-state index is 12.0. The van der Waals surface area contributed by atoms with Gasteiger partial charge in [0.25, 0.3) is 5.91 Å². The lowest BCUT2D eigenvalue weighted by Crippen LogP contribution is -2.43. The Kier molecular flexibility index (Phi) is 3.98. The van der Waals surface area contributed by atoms with Gasteiger partial charge in [-0.15, -0.1) is 11.3 Å². The molecule has 0 unspecified atom stereocenters. The fourth-order valence-electron chi connectivity index (χ4n) is 2.11. The van der Waals surface area contributed by atoms with Crippen molar-refractivity contribution in [2.75, 3.05) is 6.61 Å². The molecule has 1 heterocycles. The first-order valence-corrected chi connectivity index (χ1v) is 6.75. The molecule has 0 aromatic carbocycles. The van der Waals surface area contributed by atoms with Gasteiger partial charge < -0.3 is 15.5 Å². The van der Waals surface area contributed by atoms with Crippen molar-refractivity contribution in [3.05, 3.63) is 21.4 Å². The normalized spacial score (nSPS) is 15.8. The summed E-state index contributed by atoms with van der Waals surface area (Å²) in [6.07, 6.45) is 4.07. The van der Waals surface area contributed by atoms with Crippen LogP contribution in [0, 0.1) is 0 Å². The van der Waals surface area contributed by atoms with Gasteiger partial charge in [0.15, 0.2) is 6.04 Å². The van der Waals surface area contributed by atoms with Crippen LogP contribution in [-0.2, 0) is 17.6 Å². The standard InChI is InChI=1S/C12H15NO4S/c14-5-9(12(16)17)13-11(15)8-6-18-10-4-2-1-3-7(8)10/h6,9,14H,1-5H2,(H,13,15)(H,16,17)/t9-/m0/s1. The van der Waals surface area contributed by atoms with Gasteiger partial charge in [0, 0.05) is 10.3 Å². The van der Waals surface area contributed by atoms with Crippen LogP contribution in [0.5, 0.6) is 0 Å². The molecule has 0 radical (unpaired) electrons. The second-order valence-corrected chi connectivity index (χ2v) is 5.27. The van der Waals surface area contributed by atoms with Gasteiger partial charge in [0.05, 0.1) is 12.2 Å². The number of hydrogen-bond donors (Lipinski definition) is 3. The monoisotopic (exact) mass is 269 g/mol. The van der Waals surface area contributed by atoms with Crippen LogP contribution in [0.1, 0.15) is 33.6 Å². The lowest BCUT2D eigenvalue weighted by Gasteiger charge is -2.14. The number of nitrogens with one attached hydrogen (secondary N) is 1. The SMILES string of the molecule is O=C(N[C@@H](CO)C(=O)O)c1csc2c1CCCC2. The second kappa shape index (κ2) is 5.49. The average molecular weight is 269 g/mol. The molecule has 1 aromatic rings. The van der Waals surface area contributed by atoms with E-state index in [1.54, 1.807) is 16.7 Å². The van der Waals surface area contributed by atoms with Crippen molar-refractivity contribution in [2.24, 2.45) is 0 Å². The summed E-state index contributed by atoms with van der Waals surface area (Å²) in [5.74, 6) is -1.63. The van der Waals surface area contributed by atoms with Crippen molar-refractivity contribution in [1.29, 1.82) is 0 Å². The molecule has 1 aromatic heterocycles. The van der Waals surface area contributed by atoms with Crippen LogP contribution in [0.4, 0.5) is 0 Å². The van der Waals surface area contributed by atoms with Crippen LogP contribution in [-0.4, -0.2) is 34.7 Å². The van der Waals surface area contributed by atoms with Crippen LogP contribution in [0.15, 0.2) is 5.38 Å². The molecule has 0 bridgehead atoms. The Morgan fingerprint density at radius 1 is 1.39 bits per heavy atom. The van der Waals surface area contributed by atoms with Crippen molar-refractivity contribution in [2.45, 2.75) is 31.7 Å². The Morgan fingerprint density at radius 2 is 2.11 bits per heavy atom. The Hall–Kier alpha value is -1.40. The summed E-state index contributed by atoms with van der Waals surface area (Å²) in [5.41, 5.74) is 1.61. The minimum absolute atomic E-state index is 0.407. The summed E-state index contributed by atoms with van der Waals surface area (Å²) in [6, 6.07) is -1.24. The van der Waals surface area contributed by atoms with E-state index in [0.717, 1.165) is 31.2 Å². The van der Waals surface area contributed by atoms with Crippen molar-refractivity contribution >= 4 is 23.2 Å². The number of aryl methyl sites for hydroxylation is 1. The van der Waals surface area contributed by atoms with E-state index < -0.39 is 24.5 Å². The highest BCUT2D eigenvalue weighted by molar-refractivity contribution is 7.10. The molecular formula is C12H15NO4S. The Balaban J connectivity index is 2.14. The molecule has 2 rings (SSSR count). The second-order valence-electron chi connectivity index (χ2n) is 4.31. The first-order chi connectivity index (χ1) is 8.63. The number of amides is 1. The van der Waals surface area contributed by atoms with Crippen LogP contribution in [0.2, 0.25) is 0 Å². The minimum atomic E-state index is -1.24. The fraction of sp³-hybridized carbons (Fsp3) is 0.500. The Morgan fingerprint density at radius 3 is 2.78 bits per heavy atom. The number of carboxylic acid groups (broad SMARTS) is 1. The Bertz CT molecular complexity index is 469. The number of aliphatic hydroxyl groups is 1. The van der Waals surface area contributed by atoms with E-state index in [9.17, 15) is 9.59 Å².